The summed E-state index contributed by atoms with van der Waals surface area (Å²) in [6.07, 6.45) is 3.51. The molecule has 0 unspecified atom stereocenters. The first-order chi connectivity index (χ1) is 15.2. The van der Waals surface area contributed by atoms with E-state index in [0.29, 0.717) is 12.5 Å². The fourth-order valence-corrected chi connectivity index (χ4v) is 3.97. The van der Waals surface area contributed by atoms with Crippen LogP contribution in [0, 0.1) is 0 Å². The monoisotopic (exact) mass is 434 g/mol. The van der Waals surface area contributed by atoms with Crippen LogP contribution in [0.2, 0.25) is 0 Å². The van der Waals surface area contributed by atoms with Gasteiger partial charge in [-0.25, -0.2) is 0 Å². The van der Waals surface area contributed by atoms with Gasteiger partial charge in [-0.2, -0.15) is 0 Å². The molecular formula is C28H38N2O2. The minimum atomic E-state index is -0.0676. The third kappa shape index (κ3) is 6.78. The summed E-state index contributed by atoms with van der Waals surface area (Å²) in [7, 11) is 0. The van der Waals surface area contributed by atoms with E-state index in [-0.39, 0.29) is 17.4 Å². The van der Waals surface area contributed by atoms with Crippen molar-refractivity contribution in [1.29, 1.82) is 0 Å². The fraction of sp³-hybridized carbons (Fsp3) is 0.464. The highest BCUT2D eigenvalue weighted by Crippen LogP contribution is 2.24. The molecule has 1 aliphatic heterocycles. The summed E-state index contributed by atoms with van der Waals surface area (Å²) < 4.78 is 5.54. The van der Waals surface area contributed by atoms with Crippen molar-refractivity contribution in [3.8, 4) is 0 Å². The molecule has 1 saturated heterocycles. The van der Waals surface area contributed by atoms with Gasteiger partial charge in [-0.05, 0) is 39.7 Å². The highest BCUT2D eigenvalue weighted by Gasteiger charge is 2.23. The van der Waals surface area contributed by atoms with E-state index in [9.17, 15) is 4.79 Å². The van der Waals surface area contributed by atoms with E-state index < -0.39 is 0 Å². The Bertz CT molecular complexity index is 887. The number of benzene rings is 2. The molecule has 2 aromatic carbocycles. The maximum absolute atomic E-state index is 12.6. The molecule has 1 fully saturated rings. The molecule has 1 atom stereocenters. The van der Waals surface area contributed by atoms with Crippen LogP contribution < -0.4 is 5.32 Å². The highest BCUT2D eigenvalue weighted by atomic mass is 16.5. The zero-order valence-corrected chi connectivity index (χ0v) is 20.2. The molecule has 0 spiro atoms. The summed E-state index contributed by atoms with van der Waals surface area (Å²) in [6, 6.07) is 17.4. The largest absolute Gasteiger partial charge is 0.379 e. The average Bonchev–Trinajstić information content (AvgIpc) is 2.78. The maximum Gasteiger partial charge on any atom is 0.244 e. The second-order valence-corrected chi connectivity index (χ2v) is 9.94. The summed E-state index contributed by atoms with van der Waals surface area (Å²) >= 11 is 0. The molecule has 0 radical (unpaired) electrons. The van der Waals surface area contributed by atoms with Gasteiger partial charge in [0.05, 0.1) is 19.3 Å². The molecule has 2 aromatic rings. The van der Waals surface area contributed by atoms with Crippen LogP contribution in [0.3, 0.4) is 0 Å². The van der Waals surface area contributed by atoms with Gasteiger partial charge in [0.25, 0.3) is 0 Å². The Morgan fingerprint density at radius 2 is 1.59 bits per heavy atom. The predicted molar refractivity (Wildman–Crippen MR) is 133 cm³/mol. The summed E-state index contributed by atoms with van der Waals surface area (Å²) in [6.45, 7) is 14.8. The molecule has 0 saturated carbocycles. The lowest BCUT2D eigenvalue weighted by atomic mass is 9.87. The molecular weight excluding hydrogens is 396 g/mol. The molecule has 0 aromatic heterocycles. The van der Waals surface area contributed by atoms with Gasteiger partial charge in [0, 0.05) is 25.7 Å². The van der Waals surface area contributed by atoms with E-state index in [1.807, 2.05) is 6.08 Å². The molecule has 32 heavy (non-hydrogen) atoms. The average molecular weight is 435 g/mol. The Hall–Kier alpha value is -2.43. The first kappa shape index (κ1) is 24.2. The Kier molecular flexibility index (Phi) is 8.27. The van der Waals surface area contributed by atoms with Crippen molar-refractivity contribution in [2.75, 3.05) is 32.8 Å². The molecule has 172 valence electrons. The first-order valence-corrected chi connectivity index (χ1v) is 11.7. The number of carbonyl (C=O) groups is 1. The third-order valence-electron chi connectivity index (χ3n) is 6.15. The zero-order chi connectivity index (χ0) is 23.1. The van der Waals surface area contributed by atoms with Crippen molar-refractivity contribution in [3.63, 3.8) is 0 Å². The summed E-state index contributed by atoms with van der Waals surface area (Å²) in [5.41, 5.74) is 5.01. The summed E-state index contributed by atoms with van der Waals surface area (Å²) in [5.74, 6) is 0.440. The van der Waals surface area contributed by atoms with E-state index >= 15 is 0 Å². The van der Waals surface area contributed by atoms with Crippen LogP contribution in [0.25, 0.3) is 6.08 Å². The first-order valence-electron chi connectivity index (χ1n) is 11.7. The number of nitrogens with zero attached hydrogens (tertiary/aromatic N) is 1. The second kappa shape index (κ2) is 10.9. The predicted octanol–water partition coefficient (Wildman–Crippen LogP) is 5.31. The summed E-state index contributed by atoms with van der Waals surface area (Å²) in [5, 5.41) is 3.11. The van der Waals surface area contributed by atoms with Crippen LogP contribution in [0.1, 0.15) is 68.8 Å². The molecule has 0 aliphatic carbocycles. The number of hydrogen-bond donors (Lipinski definition) is 1. The molecule has 1 N–H and O–H groups in total. The van der Waals surface area contributed by atoms with Gasteiger partial charge in [-0.1, -0.05) is 83.1 Å². The van der Waals surface area contributed by atoms with Crippen molar-refractivity contribution >= 4 is 12.0 Å². The van der Waals surface area contributed by atoms with Gasteiger partial charge in [0.2, 0.25) is 5.91 Å². The Balaban J connectivity index is 1.64. The van der Waals surface area contributed by atoms with E-state index in [1.54, 1.807) is 6.08 Å². The lowest BCUT2D eigenvalue weighted by Crippen LogP contribution is -2.43. The standard InChI is InChI=1S/C28H38N2O2/c1-21(2)23-9-11-24(12-10-23)26(30-16-18-32-19-17-30)20-29-27(31)15-8-22-6-13-25(14-7-22)28(3,4)5/h6-15,21,26H,16-20H2,1-5H3,(H,29,31)/b15-8+/t26-/m0/s1. The quantitative estimate of drug-likeness (QED) is 0.601. The molecule has 4 heteroatoms. The van der Waals surface area contributed by atoms with Crippen molar-refractivity contribution in [2.24, 2.45) is 0 Å². The van der Waals surface area contributed by atoms with Gasteiger partial charge in [0.15, 0.2) is 0 Å². The molecule has 0 bridgehead atoms. The van der Waals surface area contributed by atoms with Crippen LogP contribution in [-0.4, -0.2) is 43.7 Å². The van der Waals surface area contributed by atoms with Crippen LogP contribution in [0.4, 0.5) is 0 Å². The number of morpholine rings is 1. The van der Waals surface area contributed by atoms with E-state index in [0.717, 1.165) is 31.9 Å². The van der Waals surface area contributed by atoms with Gasteiger partial charge < -0.3 is 10.1 Å². The van der Waals surface area contributed by atoms with Gasteiger partial charge >= 0.3 is 0 Å². The molecule has 1 amide bonds. The maximum atomic E-state index is 12.6. The lowest BCUT2D eigenvalue weighted by molar-refractivity contribution is -0.116. The third-order valence-corrected chi connectivity index (χ3v) is 6.15. The number of ether oxygens (including phenoxy) is 1. The number of hydrogen-bond acceptors (Lipinski definition) is 3. The van der Waals surface area contributed by atoms with E-state index in [4.69, 9.17) is 4.74 Å². The van der Waals surface area contributed by atoms with Gasteiger partial charge in [0.1, 0.15) is 0 Å². The smallest absolute Gasteiger partial charge is 0.244 e. The van der Waals surface area contributed by atoms with E-state index in [2.05, 4.69) is 93.4 Å². The van der Waals surface area contributed by atoms with Crippen molar-refractivity contribution < 1.29 is 9.53 Å². The fourth-order valence-electron chi connectivity index (χ4n) is 3.97. The Labute approximate surface area is 193 Å². The van der Waals surface area contributed by atoms with Crippen LogP contribution in [0.5, 0.6) is 0 Å². The van der Waals surface area contributed by atoms with Gasteiger partial charge in [-0.15, -0.1) is 0 Å². The van der Waals surface area contributed by atoms with Crippen LogP contribution in [-0.2, 0) is 14.9 Å². The highest BCUT2D eigenvalue weighted by molar-refractivity contribution is 5.91. The number of carbonyl (C=O) groups excluding carboxylic acids is 1. The van der Waals surface area contributed by atoms with Crippen molar-refractivity contribution in [2.45, 2.75) is 52.0 Å². The Morgan fingerprint density at radius 1 is 1.00 bits per heavy atom. The minimum Gasteiger partial charge on any atom is -0.379 e. The number of nitrogens with one attached hydrogen (secondary N) is 1. The van der Waals surface area contributed by atoms with Crippen LogP contribution >= 0.6 is 0 Å². The Morgan fingerprint density at radius 3 is 2.16 bits per heavy atom. The minimum absolute atomic E-state index is 0.0676. The van der Waals surface area contributed by atoms with Crippen molar-refractivity contribution in [1.82, 2.24) is 10.2 Å². The van der Waals surface area contributed by atoms with E-state index in [1.165, 1.54) is 16.7 Å². The molecule has 4 nitrogen and oxygen atoms in total. The topological polar surface area (TPSA) is 41.6 Å². The molecule has 1 aliphatic rings. The number of rotatable bonds is 7. The normalized spacial score (nSPS) is 16.4. The molecule has 1 heterocycles. The second-order valence-electron chi connectivity index (χ2n) is 9.94. The summed E-state index contributed by atoms with van der Waals surface area (Å²) in [4.78, 5) is 15.0. The lowest BCUT2D eigenvalue weighted by Gasteiger charge is -2.35. The SMILES string of the molecule is CC(C)c1ccc([C@H](CNC(=O)/C=C/c2ccc(C(C)(C)C)cc2)N2CCOCC2)cc1. The zero-order valence-electron chi connectivity index (χ0n) is 20.2. The van der Waals surface area contributed by atoms with Crippen LogP contribution in [0.15, 0.2) is 54.6 Å². The van der Waals surface area contributed by atoms with Crippen molar-refractivity contribution in [3.05, 3.63) is 76.9 Å². The number of amides is 1. The van der Waals surface area contributed by atoms with Gasteiger partial charge in [-0.3, -0.25) is 9.69 Å². The molecule has 3 rings (SSSR count).